The summed E-state index contributed by atoms with van der Waals surface area (Å²) >= 11 is 14.7. The number of hydrogen-bond acceptors (Lipinski definition) is 4. The van der Waals surface area contributed by atoms with Crippen molar-refractivity contribution in [2.24, 2.45) is 0 Å². The lowest BCUT2D eigenvalue weighted by atomic mass is 9.58. The van der Waals surface area contributed by atoms with Gasteiger partial charge in [0.15, 0.2) is 0 Å². The summed E-state index contributed by atoms with van der Waals surface area (Å²) in [7, 11) is 0. The van der Waals surface area contributed by atoms with Crippen LogP contribution in [0.25, 0.3) is 0 Å². The fourth-order valence-electron chi connectivity index (χ4n) is 6.43. The lowest BCUT2D eigenvalue weighted by Crippen LogP contribution is -2.57. The Morgan fingerprint density at radius 3 is 2.40 bits per heavy atom. The summed E-state index contributed by atoms with van der Waals surface area (Å²) in [5, 5.41) is 6.23. The fourth-order valence-corrected chi connectivity index (χ4v) is 7.29. The second kappa shape index (κ2) is 11.2. The van der Waals surface area contributed by atoms with Crippen molar-refractivity contribution in [2.45, 2.75) is 48.9 Å². The molecule has 3 atom stereocenters. The Kier molecular flexibility index (Phi) is 7.86. The molecule has 2 N–H and O–H groups in total. The van der Waals surface area contributed by atoms with Crippen molar-refractivity contribution in [3.05, 3.63) is 90.5 Å². The normalized spacial score (nSPS) is 24.3. The van der Waals surface area contributed by atoms with Crippen molar-refractivity contribution in [3.8, 4) is 5.75 Å². The third-order valence-corrected chi connectivity index (χ3v) is 9.33. The van der Waals surface area contributed by atoms with Crippen LogP contribution < -0.4 is 15.4 Å². The van der Waals surface area contributed by atoms with Gasteiger partial charge in [0, 0.05) is 50.0 Å². The molecule has 2 amide bonds. The van der Waals surface area contributed by atoms with Crippen molar-refractivity contribution < 1.29 is 32.2 Å². The number of carbonyl (C=O) groups excluding carboxylic acids is 2. The number of benzene rings is 3. The molecule has 3 aromatic carbocycles. The molecule has 0 saturated carbocycles. The number of anilines is 1. The summed E-state index contributed by atoms with van der Waals surface area (Å²) in [6.45, 7) is 1.06. The molecule has 0 radical (unpaired) electrons. The summed E-state index contributed by atoms with van der Waals surface area (Å²) in [6.07, 6.45) is -4.01. The fraction of sp³-hybridized carbons (Fsp3) is 0.333. The largest absolute Gasteiger partial charge is 0.490 e. The Bertz CT molecular complexity index is 1580. The van der Waals surface area contributed by atoms with Crippen molar-refractivity contribution in [3.63, 3.8) is 0 Å². The number of nitrogens with one attached hydrogen (secondary N) is 2. The summed E-state index contributed by atoms with van der Waals surface area (Å²) in [6, 6.07) is 12.4. The third-order valence-electron chi connectivity index (χ3n) is 8.19. The zero-order valence-electron chi connectivity index (χ0n) is 21.9. The van der Waals surface area contributed by atoms with E-state index in [1.165, 1.54) is 6.07 Å². The highest BCUT2D eigenvalue weighted by atomic mass is 127. The van der Waals surface area contributed by atoms with E-state index in [1.54, 1.807) is 30.3 Å². The molecule has 220 valence electrons. The monoisotopic (exact) mass is 730 g/mol. The van der Waals surface area contributed by atoms with Crippen LogP contribution in [0.5, 0.6) is 5.75 Å². The topological polar surface area (TPSA) is 76.7 Å². The van der Waals surface area contributed by atoms with Crippen molar-refractivity contribution in [2.75, 3.05) is 18.5 Å². The maximum atomic E-state index is 14.5. The first-order valence-corrected chi connectivity index (χ1v) is 15.1. The third kappa shape index (κ3) is 5.14. The van der Waals surface area contributed by atoms with E-state index in [1.807, 2.05) is 6.07 Å². The van der Waals surface area contributed by atoms with Crippen LogP contribution in [0.3, 0.4) is 0 Å². The molecule has 3 aliphatic heterocycles. The maximum absolute atomic E-state index is 14.5. The maximum Gasteiger partial charge on any atom is 0.416 e. The molecule has 0 bridgehead atoms. The van der Waals surface area contributed by atoms with Crippen LogP contribution in [0.2, 0.25) is 10.0 Å². The Morgan fingerprint density at radius 1 is 0.952 bits per heavy atom. The summed E-state index contributed by atoms with van der Waals surface area (Å²) in [5.74, 6) is -1.86. The molecule has 42 heavy (non-hydrogen) atoms. The van der Waals surface area contributed by atoms with Gasteiger partial charge in [-0.1, -0.05) is 29.3 Å². The quantitative estimate of drug-likeness (QED) is 0.275. The lowest BCUT2D eigenvalue weighted by molar-refractivity contribution is -0.140. The zero-order valence-corrected chi connectivity index (χ0v) is 25.5. The number of fused-ring (bicyclic) bond motifs is 2. The number of carbonyl (C=O) groups is 2. The molecule has 12 heteroatoms. The van der Waals surface area contributed by atoms with Crippen molar-refractivity contribution in [1.82, 2.24) is 5.32 Å². The summed E-state index contributed by atoms with van der Waals surface area (Å²) in [4.78, 5) is 27.8. The highest BCUT2D eigenvalue weighted by molar-refractivity contribution is 14.1. The van der Waals surface area contributed by atoms with Crippen LogP contribution in [-0.2, 0) is 25.9 Å². The van der Waals surface area contributed by atoms with Gasteiger partial charge < -0.3 is 20.1 Å². The van der Waals surface area contributed by atoms with Crippen molar-refractivity contribution >= 4 is 63.3 Å². The van der Waals surface area contributed by atoms with Gasteiger partial charge in [-0.2, -0.15) is 13.2 Å². The van der Waals surface area contributed by atoms with Crippen LogP contribution >= 0.6 is 45.8 Å². The minimum absolute atomic E-state index is 0.0585. The van der Waals surface area contributed by atoms with Crippen LogP contribution in [0, 0.1) is 3.57 Å². The van der Waals surface area contributed by atoms with Gasteiger partial charge in [-0.25, -0.2) is 0 Å². The minimum Gasteiger partial charge on any atom is -0.490 e. The Balaban J connectivity index is 1.62. The van der Waals surface area contributed by atoms with E-state index >= 15 is 0 Å². The molecule has 3 aliphatic rings. The van der Waals surface area contributed by atoms with Crippen molar-refractivity contribution in [1.29, 1.82) is 0 Å². The predicted molar refractivity (Wildman–Crippen MR) is 160 cm³/mol. The number of alkyl halides is 3. The first kappa shape index (κ1) is 29.5. The second-order valence-electron chi connectivity index (χ2n) is 10.6. The van der Waals surface area contributed by atoms with Gasteiger partial charge in [0.2, 0.25) is 11.8 Å². The van der Waals surface area contributed by atoms with Crippen LogP contribution in [0.15, 0.2) is 54.6 Å². The average Bonchev–Trinajstić information content (AvgIpc) is 3.21. The van der Waals surface area contributed by atoms with Gasteiger partial charge in [-0.3, -0.25) is 9.59 Å². The molecule has 2 saturated heterocycles. The highest BCUT2D eigenvalue weighted by Crippen LogP contribution is 2.59. The van der Waals surface area contributed by atoms with E-state index < -0.39 is 40.9 Å². The van der Waals surface area contributed by atoms with Crippen LogP contribution in [0.1, 0.15) is 53.5 Å². The molecule has 6 rings (SSSR count). The van der Waals surface area contributed by atoms with Gasteiger partial charge in [-0.15, -0.1) is 0 Å². The molecule has 2 fully saturated rings. The average molecular weight is 731 g/mol. The first-order chi connectivity index (χ1) is 20.0. The first-order valence-electron chi connectivity index (χ1n) is 13.3. The summed E-state index contributed by atoms with van der Waals surface area (Å²) in [5.41, 5.74) is -1.61. The Labute approximate surface area is 263 Å². The van der Waals surface area contributed by atoms with E-state index in [2.05, 4.69) is 33.2 Å². The standard InChI is InChI=1S/C30H24Cl2F3IN2O4/c31-15-1-4-21(30(33,34)35)19(11-15)23-14-26(39)38-27(29(23)22-5-2-16(32)12-24(22)37-28(29)40)20-13-17(36)3-6-25(20)42-18-7-9-41-10-8-18/h1-6,11-13,18,23,27H,7-10,14H2,(H,37,40)(H,38,39). The van der Waals surface area contributed by atoms with Crippen LogP contribution in [-0.4, -0.2) is 31.1 Å². The number of ether oxygens (including phenoxy) is 2. The molecule has 3 unspecified atom stereocenters. The SMILES string of the molecule is O=C1CC(c2cc(Cl)ccc2C(F)(F)F)C2(C(=O)Nc3cc(Cl)ccc32)C(c2cc(I)ccc2OC2CCOCC2)N1. The molecule has 0 aromatic heterocycles. The second-order valence-corrected chi connectivity index (χ2v) is 12.7. The van der Waals surface area contributed by atoms with Gasteiger partial charge in [0.1, 0.15) is 17.3 Å². The Hall–Kier alpha value is -2.54. The number of amides is 2. The van der Waals surface area contributed by atoms with Gasteiger partial charge in [0.05, 0.1) is 24.8 Å². The summed E-state index contributed by atoms with van der Waals surface area (Å²) < 4.78 is 56.1. The molecular weight excluding hydrogens is 707 g/mol. The van der Waals surface area contributed by atoms with E-state index in [0.717, 1.165) is 15.7 Å². The number of piperidine rings is 1. The van der Waals surface area contributed by atoms with E-state index in [0.29, 0.717) is 53.6 Å². The molecule has 1 spiro atoms. The molecular formula is C30H24Cl2F3IN2O4. The Morgan fingerprint density at radius 2 is 1.67 bits per heavy atom. The van der Waals surface area contributed by atoms with Crippen LogP contribution in [0.4, 0.5) is 18.9 Å². The van der Waals surface area contributed by atoms with Gasteiger partial charge in [0.25, 0.3) is 0 Å². The smallest absolute Gasteiger partial charge is 0.416 e. The highest BCUT2D eigenvalue weighted by Gasteiger charge is 2.62. The minimum atomic E-state index is -4.76. The van der Waals surface area contributed by atoms with E-state index in [9.17, 15) is 22.8 Å². The number of rotatable bonds is 4. The van der Waals surface area contributed by atoms with E-state index in [4.69, 9.17) is 32.7 Å². The predicted octanol–water partition coefficient (Wildman–Crippen LogP) is 7.41. The molecule has 3 aromatic rings. The molecule has 0 aliphatic carbocycles. The number of halogens is 6. The van der Waals surface area contributed by atoms with Gasteiger partial charge >= 0.3 is 6.18 Å². The van der Waals surface area contributed by atoms with E-state index in [-0.39, 0.29) is 23.1 Å². The molecule has 6 nitrogen and oxygen atoms in total. The zero-order chi connectivity index (χ0) is 29.8. The molecule has 3 heterocycles. The number of hydrogen-bond donors (Lipinski definition) is 2. The lowest BCUT2D eigenvalue weighted by Gasteiger charge is -2.47. The van der Waals surface area contributed by atoms with Gasteiger partial charge in [-0.05, 0) is 82.2 Å².